The molecule has 1 aliphatic carbocycles. The van der Waals surface area contributed by atoms with Crippen molar-refractivity contribution in [1.29, 1.82) is 0 Å². The van der Waals surface area contributed by atoms with E-state index in [0.29, 0.717) is 5.82 Å². The second-order valence-corrected chi connectivity index (χ2v) is 7.17. The van der Waals surface area contributed by atoms with Crippen LogP contribution in [-0.4, -0.2) is 36.0 Å². The van der Waals surface area contributed by atoms with E-state index in [2.05, 4.69) is 21.8 Å². The molecule has 114 valence electrons. The number of hydrogen-bond acceptors (Lipinski definition) is 3. The van der Waals surface area contributed by atoms with Crippen LogP contribution in [0.25, 0.3) is 0 Å². The molecule has 20 heavy (non-hydrogen) atoms. The van der Waals surface area contributed by atoms with Gasteiger partial charge in [-0.2, -0.15) is 17.8 Å². The van der Waals surface area contributed by atoms with Crippen molar-refractivity contribution >= 4 is 16.0 Å². The topological polar surface area (TPSA) is 78.1 Å². The number of aromatic amines is 1. The molecule has 1 aromatic rings. The molecule has 2 N–H and O–H groups in total. The highest BCUT2D eigenvalue weighted by molar-refractivity contribution is 7.90. The van der Waals surface area contributed by atoms with E-state index < -0.39 is 10.2 Å². The summed E-state index contributed by atoms with van der Waals surface area (Å²) >= 11 is 0. The molecule has 2 rings (SSSR count). The first-order valence-electron chi connectivity index (χ1n) is 7.33. The van der Waals surface area contributed by atoms with Crippen LogP contribution < -0.4 is 4.72 Å². The molecule has 6 nitrogen and oxygen atoms in total. The van der Waals surface area contributed by atoms with E-state index in [4.69, 9.17) is 0 Å². The van der Waals surface area contributed by atoms with Crippen LogP contribution in [0.2, 0.25) is 0 Å². The fourth-order valence-corrected chi connectivity index (χ4v) is 3.77. The molecule has 0 atom stereocenters. The van der Waals surface area contributed by atoms with Crippen molar-refractivity contribution in [2.24, 2.45) is 0 Å². The Morgan fingerprint density at radius 2 is 2.10 bits per heavy atom. The zero-order chi connectivity index (χ0) is 14.6. The van der Waals surface area contributed by atoms with Gasteiger partial charge >= 0.3 is 10.2 Å². The standard InChI is InChI=1S/C13H24N4O2S/c1-3-7-11-10-13(15-14-11)16-20(18,19)17(2)12-8-5-4-6-9-12/h10,12H,3-9H2,1-2H3,(H2,14,15,16). The maximum Gasteiger partial charge on any atom is 0.302 e. The van der Waals surface area contributed by atoms with Crippen LogP contribution in [-0.2, 0) is 16.6 Å². The maximum atomic E-state index is 12.3. The third-order valence-electron chi connectivity index (χ3n) is 3.85. The van der Waals surface area contributed by atoms with Gasteiger partial charge in [0.15, 0.2) is 5.82 Å². The summed E-state index contributed by atoms with van der Waals surface area (Å²) in [6, 6.07) is 1.87. The minimum atomic E-state index is -3.51. The fourth-order valence-electron chi connectivity index (χ4n) is 2.66. The summed E-state index contributed by atoms with van der Waals surface area (Å²) < 4.78 is 28.7. The van der Waals surface area contributed by atoms with Gasteiger partial charge in [-0.15, -0.1) is 0 Å². The first-order valence-corrected chi connectivity index (χ1v) is 8.77. The number of rotatable bonds is 6. The molecule has 0 aliphatic heterocycles. The average Bonchev–Trinajstić information content (AvgIpc) is 2.86. The van der Waals surface area contributed by atoms with Crippen LogP contribution in [0.3, 0.4) is 0 Å². The molecule has 7 heteroatoms. The van der Waals surface area contributed by atoms with E-state index in [1.807, 2.05) is 0 Å². The van der Waals surface area contributed by atoms with Crippen LogP contribution in [0.4, 0.5) is 5.82 Å². The van der Waals surface area contributed by atoms with E-state index >= 15 is 0 Å². The van der Waals surface area contributed by atoms with Crippen LogP contribution in [0.15, 0.2) is 6.07 Å². The van der Waals surface area contributed by atoms with E-state index in [9.17, 15) is 8.42 Å². The van der Waals surface area contributed by atoms with Gasteiger partial charge in [0.2, 0.25) is 0 Å². The first kappa shape index (κ1) is 15.3. The normalized spacial score (nSPS) is 17.6. The first-order chi connectivity index (χ1) is 9.53. The Bertz CT molecular complexity index is 520. The van der Waals surface area contributed by atoms with Gasteiger partial charge in [0, 0.05) is 24.8 Å². The molecule has 0 unspecified atom stereocenters. The minimum Gasteiger partial charge on any atom is -0.280 e. The molecule has 0 bridgehead atoms. The maximum absolute atomic E-state index is 12.3. The summed E-state index contributed by atoms with van der Waals surface area (Å²) in [5, 5.41) is 6.86. The van der Waals surface area contributed by atoms with Crippen molar-refractivity contribution in [2.45, 2.75) is 57.9 Å². The molecule has 0 spiro atoms. The van der Waals surface area contributed by atoms with Gasteiger partial charge in [-0.25, -0.2) is 0 Å². The van der Waals surface area contributed by atoms with Gasteiger partial charge in [-0.3, -0.25) is 9.82 Å². The zero-order valence-electron chi connectivity index (χ0n) is 12.2. The van der Waals surface area contributed by atoms with Gasteiger partial charge in [0.1, 0.15) is 0 Å². The Balaban J connectivity index is 2.01. The summed E-state index contributed by atoms with van der Waals surface area (Å²) in [6.45, 7) is 2.07. The number of hydrogen-bond donors (Lipinski definition) is 2. The van der Waals surface area contributed by atoms with Gasteiger partial charge in [0.25, 0.3) is 0 Å². The fraction of sp³-hybridized carbons (Fsp3) is 0.769. The van der Waals surface area contributed by atoms with Crippen LogP contribution in [0.5, 0.6) is 0 Å². The van der Waals surface area contributed by atoms with Crippen LogP contribution in [0.1, 0.15) is 51.1 Å². The van der Waals surface area contributed by atoms with Gasteiger partial charge in [0.05, 0.1) is 0 Å². The minimum absolute atomic E-state index is 0.107. The van der Waals surface area contributed by atoms with Crippen molar-refractivity contribution < 1.29 is 8.42 Å². The molecule has 1 heterocycles. The Labute approximate surface area is 121 Å². The predicted molar refractivity (Wildman–Crippen MR) is 79.8 cm³/mol. The largest absolute Gasteiger partial charge is 0.302 e. The molecule has 1 aromatic heterocycles. The van der Waals surface area contributed by atoms with Gasteiger partial charge in [-0.1, -0.05) is 32.6 Å². The van der Waals surface area contributed by atoms with E-state index in [1.165, 1.54) is 10.7 Å². The Hall–Kier alpha value is -1.08. The lowest BCUT2D eigenvalue weighted by Gasteiger charge is -2.30. The summed E-state index contributed by atoms with van der Waals surface area (Å²) in [5.74, 6) is 0.371. The highest BCUT2D eigenvalue weighted by atomic mass is 32.2. The predicted octanol–water partition coefficient (Wildman–Crippen LogP) is 2.28. The monoisotopic (exact) mass is 300 g/mol. The van der Waals surface area contributed by atoms with Crippen molar-refractivity contribution in [3.63, 3.8) is 0 Å². The average molecular weight is 300 g/mol. The molecule has 0 aromatic carbocycles. The lowest BCUT2D eigenvalue weighted by molar-refractivity contribution is 0.287. The Morgan fingerprint density at radius 3 is 2.75 bits per heavy atom. The van der Waals surface area contributed by atoms with Crippen molar-refractivity contribution in [2.75, 3.05) is 11.8 Å². The molecule has 0 radical (unpaired) electrons. The molecule has 0 saturated heterocycles. The van der Waals surface area contributed by atoms with E-state index in [0.717, 1.165) is 44.2 Å². The van der Waals surface area contributed by atoms with Crippen molar-refractivity contribution in [3.05, 3.63) is 11.8 Å². The third-order valence-corrected chi connectivity index (χ3v) is 5.38. The van der Waals surface area contributed by atoms with Crippen molar-refractivity contribution in [3.8, 4) is 0 Å². The van der Waals surface area contributed by atoms with Crippen LogP contribution >= 0.6 is 0 Å². The highest BCUT2D eigenvalue weighted by Gasteiger charge is 2.27. The summed E-state index contributed by atoms with van der Waals surface area (Å²) in [6.07, 6.45) is 7.17. The number of anilines is 1. The molecular formula is C13H24N4O2S. The second-order valence-electron chi connectivity index (χ2n) is 5.44. The number of nitrogens with one attached hydrogen (secondary N) is 2. The SMILES string of the molecule is CCCc1cc(NS(=O)(=O)N(C)C2CCCCC2)n[nH]1. The summed E-state index contributed by atoms with van der Waals surface area (Å²) in [7, 11) is -1.86. The number of nitrogens with zero attached hydrogens (tertiary/aromatic N) is 2. The highest BCUT2D eigenvalue weighted by Crippen LogP contribution is 2.24. The summed E-state index contributed by atoms with van der Waals surface area (Å²) in [4.78, 5) is 0. The lowest BCUT2D eigenvalue weighted by atomic mass is 9.96. The molecule has 0 amide bonds. The lowest BCUT2D eigenvalue weighted by Crippen LogP contribution is -2.41. The summed E-state index contributed by atoms with van der Waals surface area (Å²) in [5.41, 5.74) is 0.950. The number of aryl methyl sites for hydroxylation is 1. The smallest absolute Gasteiger partial charge is 0.280 e. The molecule has 1 aliphatic rings. The van der Waals surface area contributed by atoms with Crippen molar-refractivity contribution in [1.82, 2.24) is 14.5 Å². The van der Waals surface area contributed by atoms with Gasteiger partial charge in [-0.05, 0) is 19.3 Å². The van der Waals surface area contributed by atoms with E-state index in [1.54, 1.807) is 13.1 Å². The third kappa shape index (κ3) is 3.73. The van der Waals surface area contributed by atoms with Crippen LogP contribution in [0, 0.1) is 0 Å². The quantitative estimate of drug-likeness (QED) is 0.846. The Kier molecular flexibility index (Phi) is 5.04. The number of H-pyrrole nitrogens is 1. The second kappa shape index (κ2) is 6.58. The number of aromatic nitrogens is 2. The van der Waals surface area contributed by atoms with E-state index in [-0.39, 0.29) is 6.04 Å². The molecular weight excluding hydrogens is 276 g/mol. The van der Waals surface area contributed by atoms with Gasteiger partial charge < -0.3 is 0 Å². The molecule has 1 saturated carbocycles. The Morgan fingerprint density at radius 1 is 1.40 bits per heavy atom. The zero-order valence-corrected chi connectivity index (χ0v) is 13.0. The molecule has 1 fully saturated rings.